The van der Waals surface area contributed by atoms with Gasteiger partial charge in [-0.25, -0.2) is 4.98 Å². The topological polar surface area (TPSA) is 41.9 Å². The minimum atomic E-state index is 0.810. The number of anilines is 1. The molecule has 4 nitrogen and oxygen atoms in total. The van der Waals surface area contributed by atoms with E-state index >= 15 is 0 Å². The molecule has 10 heavy (non-hydrogen) atoms. The molecular weight excluding hydrogens is 128 g/mol. The number of aromatic nitrogens is 3. The molecule has 4 heteroatoms. The van der Waals surface area contributed by atoms with E-state index in [1.165, 1.54) is 6.33 Å². The maximum atomic E-state index is 3.86. The standard InChI is InChI=1S/C6H10N4/c1-3-10(2)6-4-7-5-8-9-6/h4-5H,3H2,1-2H3. The van der Waals surface area contributed by atoms with Crippen molar-refractivity contribution in [1.82, 2.24) is 15.2 Å². The normalized spacial score (nSPS) is 9.40. The zero-order valence-corrected chi connectivity index (χ0v) is 6.15. The van der Waals surface area contributed by atoms with Gasteiger partial charge in [-0.15, -0.1) is 10.2 Å². The first-order valence-electron chi connectivity index (χ1n) is 3.18. The molecule has 1 aromatic heterocycles. The molecule has 1 heterocycles. The second kappa shape index (κ2) is 3.10. The first kappa shape index (κ1) is 6.92. The van der Waals surface area contributed by atoms with Crippen LogP contribution >= 0.6 is 0 Å². The van der Waals surface area contributed by atoms with E-state index in [2.05, 4.69) is 22.1 Å². The first-order valence-corrected chi connectivity index (χ1v) is 3.18. The lowest BCUT2D eigenvalue weighted by molar-refractivity contribution is 0.872. The Morgan fingerprint density at radius 1 is 1.60 bits per heavy atom. The molecule has 0 spiro atoms. The van der Waals surface area contributed by atoms with Gasteiger partial charge in [-0.1, -0.05) is 0 Å². The molecular formula is C6H10N4. The Labute approximate surface area is 59.9 Å². The molecule has 1 rings (SSSR count). The predicted molar refractivity (Wildman–Crippen MR) is 38.8 cm³/mol. The van der Waals surface area contributed by atoms with E-state index in [0.717, 1.165) is 12.4 Å². The second-order valence-electron chi connectivity index (χ2n) is 1.98. The molecule has 0 radical (unpaired) electrons. The van der Waals surface area contributed by atoms with Gasteiger partial charge in [0.2, 0.25) is 0 Å². The molecule has 0 aromatic carbocycles. The van der Waals surface area contributed by atoms with Crippen molar-refractivity contribution in [3.63, 3.8) is 0 Å². The molecule has 0 fully saturated rings. The predicted octanol–water partition coefficient (Wildman–Crippen LogP) is 0.328. The van der Waals surface area contributed by atoms with Crippen LogP contribution in [0.2, 0.25) is 0 Å². The lowest BCUT2D eigenvalue weighted by Crippen LogP contribution is -2.17. The van der Waals surface area contributed by atoms with Gasteiger partial charge in [0.05, 0.1) is 6.20 Å². The zero-order valence-electron chi connectivity index (χ0n) is 6.15. The lowest BCUT2D eigenvalue weighted by Gasteiger charge is -2.12. The van der Waals surface area contributed by atoms with Gasteiger partial charge >= 0.3 is 0 Å². The van der Waals surface area contributed by atoms with Crippen molar-refractivity contribution in [2.24, 2.45) is 0 Å². The van der Waals surface area contributed by atoms with Gasteiger partial charge in [0.25, 0.3) is 0 Å². The van der Waals surface area contributed by atoms with Crippen molar-refractivity contribution in [2.75, 3.05) is 18.5 Å². The van der Waals surface area contributed by atoms with E-state index in [-0.39, 0.29) is 0 Å². The van der Waals surface area contributed by atoms with Crippen molar-refractivity contribution >= 4 is 5.82 Å². The Morgan fingerprint density at radius 3 is 2.90 bits per heavy atom. The Balaban J connectivity index is 2.75. The summed E-state index contributed by atoms with van der Waals surface area (Å²) in [6.45, 7) is 2.97. The molecule has 0 saturated heterocycles. The monoisotopic (exact) mass is 138 g/mol. The average molecular weight is 138 g/mol. The maximum absolute atomic E-state index is 3.86. The fourth-order valence-corrected chi connectivity index (χ4v) is 0.578. The fourth-order valence-electron chi connectivity index (χ4n) is 0.578. The Hall–Kier alpha value is -1.19. The molecule has 0 atom stereocenters. The lowest BCUT2D eigenvalue weighted by atomic mass is 10.6. The summed E-state index contributed by atoms with van der Waals surface area (Å²) in [7, 11) is 1.95. The third-order valence-corrected chi connectivity index (χ3v) is 1.33. The summed E-state index contributed by atoms with van der Waals surface area (Å²) >= 11 is 0. The van der Waals surface area contributed by atoms with Crippen LogP contribution in [0.4, 0.5) is 5.82 Å². The van der Waals surface area contributed by atoms with Crippen molar-refractivity contribution in [1.29, 1.82) is 0 Å². The van der Waals surface area contributed by atoms with E-state index in [4.69, 9.17) is 0 Å². The molecule has 0 aliphatic carbocycles. The van der Waals surface area contributed by atoms with E-state index in [9.17, 15) is 0 Å². The van der Waals surface area contributed by atoms with Gasteiger partial charge in [0, 0.05) is 13.6 Å². The van der Waals surface area contributed by atoms with Gasteiger partial charge in [-0.2, -0.15) is 0 Å². The van der Waals surface area contributed by atoms with Crippen LogP contribution in [0.15, 0.2) is 12.5 Å². The molecule has 0 bridgehead atoms. The quantitative estimate of drug-likeness (QED) is 0.590. The van der Waals surface area contributed by atoms with Gasteiger partial charge in [0.15, 0.2) is 5.82 Å². The van der Waals surface area contributed by atoms with Crippen LogP contribution < -0.4 is 4.90 Å². The number of rotatable bonds is 2. The summed E-state index contributed by atoms with van der Waals surface area (Å²) < 4.78 is 0. The SMILES string of the molecule is CCN(C)c1cncnn1. The minimum Gasteiger partial charge on any atom is -0.357 e. The third kappa shape index (κ3) is 1.40. The van der Waals surface area contributed by atoms with E-state index in [1.54, 1.807) is 6.20 Å². The molecule has 0 aliphatic heterocycles. The summed E-state index contributed by atoms with van der Waals surface area (Å²) in [5.41, 5.74) is 0. The van der Waals surface area contributed by atoms with Gasteiger partial charge in [0.1, 0.15) is 6.33 Å². The van der Waals surface area contributed by atoms with Crippen molar-refractivity contribution in [2.45, 2.75) is 6.92 Å². The average Bonchev–Trinajstić information content (AvgIpc) is 2.05. The molecule has 0 amide bonds. The number of hydrogen-bond acceptors (Lipinski definition) is 4. The van der Waals surface area contributed by atoms with Crippen LogP contribution in [0.5, 0.6) is 0 Å². The highest BCUT2D eigenvalue weighted by Gasteiger charge is 1.96. The second-order valence-corrected chi connectivity index (χ2v) is 1.98. The van der Waals surface area contributed by atoms with Crippen molar-refractivity contribution in [3.8, 4) is 0 Å². The Bertz CT molecular complexity index is 186. The van der Waals surface area contributed by atoms with Gasteiger partial charge in [-0.3, -0.25) is 0 Å². The molecule has 0 aliphatic rings. The van der Waals surface area contributed by atoms with E-state index in [1.807, 2.05) is 11.9 Å². The number of nitrogens with zero attached hydrogens (tertiary/aromatic N) is 4. The molecule has 54 valence electrons. The van der Waals surface area contributed by atoms with E-state index in [0.29, 0.717) is 0 Å². The highest BCUT2D eigenvalue weighted by Crippen LogP contribution is 2.00. The number of hydrogen-bond donors (Lipinski definition) is 0. The smallest absolute Gasteiger partial charge is 0.169 e. The van der Waals surface area contributed by atoms with Gasteiger partial charge in [-0.05, 0) is 6.92 Å². The Kier molecular flexibility index (Phi) is 2.15. The molecule has 0 saturated carbocycles. The minimum absolute atomic E-state index is 0.810. The van der Waals surface area contributed by atoms with Crippen LogP contribution in [0.3, 0.4) is 0 Å². The zero-order chi connectivity index (χ0) is 7.40. The highest BCUT2D eigenvalue weighted by molar-refractivity contribution is 5.31. The van der Waals surface area contributed by atoms with Crippen LogP contribution in [0, 0.1) is 0 Å². The van der Waals surface area contributed by atoms with Gasteiger partial charge < -0.3 is 4.90 Å². The van der Waals surface area contributed by atoms with Crippen molar-refractivity contribution < 1.29 is 0 Å². The Morgan fingerprint density at radius 2 is 2.40 bits per heavy atom. The molecule has 1 aromatic rings. The summed E-state index contributed by atoms with van der Waals surface area (Å²) in [5, 5.41) is 7.51. The largest absolute Gasteiger partial charge is 0.357 e. The highest BCUT2D eigenvalue weighted by atomic mass is 15.3. The van der Waals surface area contributed by atoms with Crippen molar-refractivity contribution in [3.05, 3.63) is 12.5 Å². The summed E-state index contributed by atoms with van der Waals surface area (Å²) in [6.07, 6.45) is 3.11. The van der Waals surface area contributed by atoms with Crippen LogP contribution in [0.1, 0.15) is 6.92 Å². The summed E-state index contributed by atoms with van der Waals surface area (Å²) in [5.74, 6) is 0.810. The fraction of sp³-hybridized carbons (Fsp3) is 0.500. The van der Waals surface area contributed by atoms with Crippen LogP contribution in [0.25, 0.3) is 0 Å². The van der Waals surface area contributed by atoms with E-state index < -0.39 is 0 Å². The maximum Gasteiger partial charge on any atom is 0.169 e. The van der Waals surface area contributed by atoms with Crippen LogP contribution in [-0.2, 0) is 0 Å². The van der Waals surface area contributed by atoms with Crippen LogP contribution in [-0.4, -0.2) is 28.8 Å². The summed E-state index contributed by atoms with van der Waals surface area (Å²) in [4.78, 5) is 5.81. The molecule has 0 N–H and O–H groups in total. The third-order valence-electron chi connectivity index (χ3n) is 1.33. The first-order chi connectivity index (χ1) is 4.84. The molecule has 0 unspecified atom stereocenters. The summed E-state index contributed by atoms with van der Waals surface area (Å²) in [6, 6.07) is 0.